The van der Waals surface area contributed by atoms with E-state index in [1.54, 1.807) is 17.7 Å². The molecule has 22 heavy (non-hydrogen) atoms. The van der Waals surface area contributed by atoms with E-state index < -0.39 is 9.84 Å². The summed E-state index contributed by atoms with van der Waals surface area (Å²) in [5, 5.41) is 9.68. The van der Waals surface area contributed by atoms with E-state index in [4.69, 9.17) is 9.47 Å². The second-order valence-corrected chi connectivity index (χ2v) is 7.00. The highest BCUT2D eigenvalue weighted by Gasteiger charge is 2.33. The van der Waals surface area contributed by atoms with Crippen molar-refractivity contribution in [3.8, 4) is 6.07 Å². The Morgan fingerprint density at radius 2 is 2.27 bits per heavy atom. The molecule has 1 unspecified atom stereocenters. The molecule has 0 spiro atoms. The topological polar surface area (TPSA) is 107 Å². The van der Waals surface area contributed by atoms with Gasteiger partial charge in [-0.15, -0.1) is 0 Å². The smallest absolute Gasteiger partial charge is 0.248 e. The summed E-state index contributed by atoms with van der Waals surface area (Å²) in [5.74, 6) is 0. The number of sulfone groups is 1. The molecule has 1 aliphatic rings. The Morgan fingerprint density at radius 3 is 2.91 bits per heavy atom. The molecule has 1 aliphatic heterocycles. The van der Waals surface area contributed by atoms with Crippen LogP contribution in [0.4, 0.5) is 0 Å². The standard InChI is InChI=1S/C13H14N4O4S/c1-20-11-7-21-6-10(11)17-9(4-14)3-8-5-15-13(16-12(8)17)22(2,18)19/h3,5,10-11H,6-7H2,1-2H3/t10?,11-/m1/s1. The molecule has 2 aromatic heterocycles. The van der Waals surface area contributed by atoms with Gasteiger partial charge in [0.1, 0.15) is 23.5 Å². The van der Waals surface area contributed by atoms with Crippen LogP contribution in [0.25, 0.3) is 11.0 Å². The Balaban J connectivity index is 2.25. The van der Waals surface area contributed by atoms with Crippen LogP contribution in [0.5, 0.6) is 0 Å². The van der Waals surface area contributed by atoms with Crippen LogP contribution in [0, 0.1) is 11.3 Å². The number of nitriles is 1. The zero-order valence-electron chi connectivity index (χ0n) is 12.1. The normalized spacial score (nSPS) is 22.0. The first-order valence-corrected chi connectivity index (χ1v) is 8.43. The molecule has 8 nitrogen and oxygen atoms in total. The third kappa shape index (κ3) is 2.35. The molecule has 0 N–H and O–H groups in total. The number of hydrogen-bond acceptors (Lipinski definition) is 7. The lowest BCUT2D eigenvalue weighted by molar-refractivity contribution is 0.0690. The van der Waals surface area contributed by atoms with E-state index in [0.29, 0.717) is 29.9 Å². The number of methoxy groups -OCH3 is 1. The maximum atomic E-state index is 11.7. The lowest BCUT2D eigenvalue weighted by atomic mass is 10.2. The van der Waals surface area contributed by atoms with E-state index in [-0.39, 0.29) is 17.3 Å². The molecule has 0 radical (unpaired) electrons. The lowest BCUT2D eigenvalue weighted by Gasteiger charge is -2.19. The molecule has 1 fully saturated rings. The number of ether oxygens (including phenoxy) is 2. The highest BCUT2D eigenvalue weighted by Crippen LogP contribution is 2.29. The molecule has 0 saturated carbocycles. The van der Waals surface area contributed by atoms with Crippen molar-refractivity contribution in [3.63, 3.8) is 0 Å². The molecule has 116 valence electrons. The molecular weight excluding hydrogens is 308 g/mol. The van der Waals surface area contributed by atoms with Gasteiger partial charge in [0.15, 0.2) is 0 Å². The number of hydrogen-bond donors (Lipinski definition) is 0. The van der Waals surface area contributed by atoms with Gasteiger partial charge in [-0.3, -0.25) is 0 Å². The summed E-state index contributed by atoms with van der Waals surface area (Å²) in [7, 11) is -1.96. The number of aromatic nitrogens is 3. The van der Waals surface area contributed by atoms with Crippen LogP contribution in [0.15, 0.2) is 17.4 Å². The Morgan fingerprint density at radius 1 is 1.50 bits per heavy atom. The second-order valence-electron chi connectivity index (χ2n) is 5.09. The van der Waals surface area contributed by atoms with Gasteiger partial charge in [0, 0.05) is 24.9 Å². The third-order valence-corrected chi connectivity index (χ3v) is 4.49. The zero-order chi connectivity index (χ0) is 15.9. The van der Waals surface area contributed by atoms with Gasteiger partial charge in [-0.05, 0) is 6.07 Å². The molecule has 0 aliphatic carbocycles. The van der Waals surface area contributed by atoms with Crippen molar-refractivity contribution in [1.82, 2.24) is 14.5 Å². The first kappa shape index (κ1) is 14.9. The average molecular weight is 322 g/mol. The Kier molecular flexibility index (Phi) is 3.60. The van der Waals surface area contributed by atoms with Crippen LogP contribution >= 0.6 is 0 Å². The average Bonchev–Trinajstić information content (AvgIpc) is 3.08. The van der Waals surface area contributed by atoms with Gasteiger partial charge < -0.3 is 14.0 Å². The fourth-order valence-electron chi connectivity index (χ4n) is 2.58. The van der Waals surface area contributed by atoms with Crippen molar-refractivity contribution in [2.75, 3.05) is 26.6 Å². The minimum atomic E-state index is -3.53. The van der Waals surface area contributed by atoms with E-state index in [0.717, 1.165) is 6.26 Å². The summed E-state index contributed by atoms with van der Waals surface area (Å²) < 4.78 is 35.8. The highest BCUT2D eigenvalue weighted by atomic mass is 32.2. The predicted octanol–water partition coefficient (Wildman–Crippen LogP) is 0.293. The molecule has 3 heterocycles. The maximum absolute atomic E-state index is 11.7. The summed E-state index contributed by atoms with van der Waals surface area (Å²) >= 11 is 0. The third-order valence-electron chi connectivity index (χ3n) is 3.63. The van der Waals surface area contributed by atoms with E-state index in [2.05, 4.69) is 16.0 Å². The predicted molar refractivity (Wildman–Crippen MR) is 76.0 cm³/mol. The quantitative estimate of drug-likeness (QED) is 0.747. The van der Waals surface area contributed by atoms with Gasteiger partial charge in [-0.2, -0.15) is 10.2 Å². The monoisotopic (exact) mass is 322 g/mol. The Hall–Kier alpha value is -2.02. The highest BCUT2D eigenvalue weighted by molar-refractivity contribution is 7.90. The SMILES string of the molecule is CO[C@@H]1COCC1n1c(C#N)cc2cnc(S(C)(=O)=O)nc21. The van der Waals surface area contributed by atoms with Crippen LogP contribution in [0.3, 0.4) is 0 Å². The Bertz CT molecular complexity index is 868. The molecule has 2 atom stereocenters. The van der Waals surface area contributed by atoms with Crippen molar-refractivity contribution in [2.24, 2.45) is 0 Å². The molecule has 1 saturated heterocycles. The van der Waals surface area contributed by atoms with Gasteiger partial charge >= 0.3 is 0 Å². The van der Waals surface area contributed by atoms with Crippen molar-refractivity contribution in [3.05, 3.63) is 18.0 Å². The molecule has 0 amide bonds. The van der Waals surface area contributed by atoms with Gasteiger partial charge in [0.05, 0.1) is 19.3 Å². The maximum Gasteiger partial charge on any atom is 0.248 e. The fourth-order valence-corrected chi connectivity index (χ4v) is 3.08. The summed E-state index contributed by atoms with van der Waals surface area (Å²) in [4.78, 5) is 7.98. The van der Waals surface area contributed by atoms with Crippen LogP contribution in [-0.2, 0) is 19.3 Å². The largest absolute Gasteiger partial charge is 0.377 e. The van der Waals surface area contributed by atoms with Crippen molar-refractivity contribution < 1.29 is 17.9 Å². The van der Waals surface area contributed by atoms with Gasteiger partial charge in [-0.1, -0.05) is 0 Å². The van der Waals surface area contributed by atoms with Crippen LogP contribution in [-0.4, -0.2) is 55.6 Å². The van der Waals surface area contributed by atoms with E-state index >= 15 is 0 Å². The summed E-state index contributed by atoms with van der Waals surface area (Å²) in [6, 6.07) is 3.49. The van der Waals surface area contributed by atoms with Crippen LogP contribution in [0.1, 0.15) is 11.7 Å². The molecule has 0 aromatic carbocycles. The Labute approximate surface area is 127 Å². The minimum Gasteiger partial charge on any atom is -0.377 e. The first-order valence-electron chi connectivity index (χ1n) is 6.54. The van der Waals surface area contributed by atoms with Gasteiger partial charge in [0.2, 0.25) is 15.0 Å². The molecule has 9 heteroatoms. The molecular formula is C13H14N4O4S. The number of rotatable bonds is 3. The number of fused-ring (bicyclic) bond motifs is 1. The van der Waals surface area contributed by atoms with E-state index in [9.17, 15) is 13.7 Å². The summed E-state index contributed by atoms with van der Waals surface area (Å²) in [6.45, 7) is 0.783. The molecule has 3 rings (SSSR count). The fraction of sp³-hybridized carbons (Fsp3) is 0.462. The van der Waals surface area contributed by atoms with Crippen LogP contribution in [0.2, 0.25) is 0 Å². The van der Waals surface area contributed by atoms with Gasteiger partial charge in [-0.25, -0.2) is 13.4 Å². The second kappa shape index (κ2) is 5.31. The van der Waals surface area contributed by atoms with Gasteiger partial charge in [0.25, 0.3) is 0 Å². The summed E-state index contributed by atoms with van der Waals surface area (Å²) in [6.07, 6.45) is 2.23. The molecule has 2 aromatic rings. The van der Waals surface area contributed by atoms with Crippen molar-refractivity contribution in [1.29, 1.82) is 5.26 Å². The number of nitrogens with zero attached hydrogens (tertiary/aromatic N) is 4. The zero-order valence-corrected chi connectivity index (χ0v) is 12.9. The minimum absolute atomic E-state index is 0.223. The van der Waals surface area contributed by atoms with E-state index in [1.807, 2.05) is 0 Å². The van der Waals surface area contributed by atoms with E-state index in [1.165, 1.54) is 6.20 Å². The van der Waals surface area contributed by atoms with Crippen molar-refractivity contribution in [2.45, 2.75) is 17.3 Å². The molecule has 0 bridgehead atoms. The summed E-state index contributed by atoms with van der Waals surface area (Å²) in [5.41, 5.74) is 0.761. The van der Waals surface area contributed by atoms with Crippen molar-refractivity contribution >= 4 is 20.9 Å². The first-order chi connectivity index (χ1) is 10.5. The van der Waals surface area contributed by atoms with Crippen LogP contribution < -0.4 is 0 Å². The lowest BCUT2D eigenvalue weighted by Crippen LogP contribution is -2.25.